The highest BCUT2D eigenvalue weighted by Gasteiger charge is 2.08. The van der Waals surface area contributed by atoms with Gasteiger partial charge in [0, 0.05) is 16.9 Å². The quantitative estimate of drug-likeness (QED) is 0.544. The second kappa shape index (κ2) is 6.89. The van der Waals surface area contributed by atoms with Gasteiger partial charge in [0.05, 0.1) is 5.39 Å². The van der Waals surface area contributed by atoms with Gasteiger partial charge < -0.3 is 10.6 Å². The Morgan fingerprint density at radius 1 is 1.00 bits per heavy atom. The molecule has 2 aromatic heterocycles. The third kappa shape index (κ3) is 3.38. The first kappa shape index (κ1) is 16.2. The molecule has 128 valence electrons. The van der Waals surface area contributed by atoms with Crippen LogP contribution >= 0.6 is 11.3 Å². The van der Waals surface area contributed by atoms with E-state index in [1.54, 1.807) is 17.4 Å². The second-order valence-electron chi connectivity index (χ2n) is 5.53. The summed E-state index contributed by atoms with van der Waals surface area (Å²) < 4.78 is 13.0. The number of hydrogen-bond acceptors (Lipinski definition) is 5. The number of rotatable bonds is 4. The lowest BCUT2D eigenvalue weighted by Gasteiger charge is -2.10. The summed E-state index contributed by atoms with van der Waals surface area (Å²) in [5.41, 5.74) is 1.80. The highest BCUT2D eigenvalue weighted by Crippen LogP contribution is 2.27. The van der Waals surface area contributed by atoms with Crippen molar-refractivity contribution in [2.45, 2.75) is 0 Å². The Morgan fingerprint density at radius 3 is 2.65 bits per heavy atom. The molecule has 0 saturated heterocycles. The molecule has 0 unspecified atom stereocenters. The van der Waals surface area contributed by atoms with Crippen LogP contribution in [0, 0.1) is 5.82 Å². The van der Waals surface area contributed by atoms with E-state index in [-0.39, 0.29) is 11.7 Å². The summed E-state index contributed by atoms with van der Waals surface area (Å²) in [7, 11) is 0. The Bertz CT molecular complexity index is 1080. The lowest BCUT2D eigenvalue weighted by molar-refractivity contribution is 0.102. The van der Waals surface area contributed by atoms with Crippen LogP contribution in [-0.4, -0.2) is 15.9 Å². The van der Waals surface area contributed by atoms with E-state index in [2.05, 4.69) is 20.6 Å². The standard InChI is InChI=1S/C19H13FN4OS/c20-13-6-4-12(5-7-13)18(25)24-15-3-1-2-14(10-15)23-17-16-8-9-26-19(16)22-11-21-17/h1-11H,(H,24,25)(H,21,22,23). The van der Waals surface area contributed by atoms with Gasteiger partial charge in [-0.05, 0) is 53.9 Å². The van der Waals surface area contributed by atoms with Gasteiger partial charge in [0.15, 0.2) is 0 Å². The topological polar surface area (TPSA) is 66.9 Å². The molecule has 0 bridgehead atoms. The molecule has 2 N–H and O–H groups in total. The monoisotopic (exact) mass is 364 g/mol. The van der Waals surface area contributed by atoms with E-state index < -0.39 is 0 Å². The molecule has 4 aromatic rings. The van der Waals surface area contributed by atoms with Crippen molar-refractivity contribution in [2.24, 2.45) is 0 Å². The molecule has 0 aliphatic carbocycles. The van der Waals surface area contributed by atoms with Crippen molar-refractivity contribution in [3.63, 3.8) is 0 Å². The molecule has 0 saturated carbocycles. The maximum Gasteiger partial charge on any atom is 0.255 e. The number of thiophene rings is 1. The number of anilines is 3. The number of aromatic nitrogens is 2. The predicted octanol–water partition coefficient (Wildman–Crippen LogP) is 4.83. The average molecular weight is 364 g/mol. The van der Waals surface area contributed by atoms with Crippen molar-refractivity contribution < 1.29 is 9.18 Å². The summed E-state index contributed by atoms with van der Waals surface area (Å²) in [6, 6.07) is 14.7. The third-order valence-electron chi connectivity index (χ3n) is 3.75. The van der Waals surface area contributed by atoms with Crippen LogP contribution in [0.25, 0.3) is 10.2 Å². The molecule has 0 aliphatic rings. The van der Waals surface area contributed by atoms with Crippen LogP contribution in [0.15, 0.2) is 66.3 Å². The molecule has 1 amide bonds. The number of halogens is 1. The molecule has 0 atom stereocenters. The van der Waals surface area contributed by atoms with Gasteiger partial charge in [-0.3, -0.25) is 4.79 Å². The number of benzene rings is 2. The zero-order chi connectivity index (χ0) is 17.9. The summed E-state index contributed by atoms with van der Waals surface area (Å²) in [6.45, 7) is 0. The van der Waals surface area contributed by atoms with Crippen molar-refractivity contribution in [3.05, 3.63) is 77.7 Å². The fourth-order valence-corrected chi connectivity index (χ4v) is 3.24. The van der Waals surface area contributed by atoms with Crippen LogP contribution in [0.2, 0.25) is 0 Å². The Morgan fingerprint density at radius 2 is 1.81 bits per heavy atom. The van der Waals surface area contributed by atoms with E-state index >= 15 is 0 Å². The zero-order valence-electron chi connectivity index (χ0n) is 13.4. The third-order valence-corrected chi connectivity index (χ3v) is 4.57. The number of hydrogen-bond donors (Lipinski definition) is 2. The molecule has 26 heavy (non-hydrogen) atoms. The van der Waals surface area contributed by atoms with Crippen molar-refractivity contribution in [2.75, 3.05) is 10.6 Å². The van der Waals surface area contributed by atoms with Gasteiger partial charge in [-0.15, -0.1) is 11.3 Å². The number of amides is 1. The first-order valence-corrected chi connectivity index (χ1v) is 8.69. The molecule has 5 nitrogen and oxygen atoms in total. The number of nitrogens with zero attached hydrogens (tertiary/aromatic N) is 2. The SMILES string of the molecule is O=C(Nc1cccc(Nc2ncnc3sccc23)c1)c1ccc(F)cc1. The normalized spacial score (nSPS) is 10.7. The van der Waals surface area contributed by atoms with E-state index in [1.807, 2.05) is 29.6 Å². The van der Waals surface area contributed by atoms with Crippen LogP contribution < -0.4 is 10.6 Å². The van der Waals surface area contributed by atoms with Crippen LogP contribution in [0.4, 0.5) is 21.6 Å². The van der Waals surface area contributed by atoms with Crippen molar-refractivity contribution in [3.8, 4) is 0 Å². The Hall–Kier alpha value is -3.32. The summed E-state index contributed by atoms with van der Waals surface area (Å²) in [5, 5.41) is 8.96. The Balaban J connectivity index is 1.54. The molecule has 2 heterocycles. The molecule has 0 aliphatic heterocycles. The van der Waals surface area contributed by atoms with Gasteiger partial charge in [-0.25, -0.2) is 14.4 Å². The van der Waals surface area contributed by atoms with E-state index in [1.165, 1.54) is 30.6 Å². The van der Waals surface area contributed by atoms with Crippen LogP contribution in [0.3, 0.4) is 0 Å². The van der Waals surface area contributed by atoms with Crippen molar-refractivity contribution in [1.29, 1.82) is 0 Å². The maximum absolute atomic E-state index is 13.0. The lowest BCUT2D eigenvalue weighted by Crippen LogP contribution is -2.11. The summed E-state index contributed by atoms with van der Waals surface area (Å²) >= 11 is 1.55. The fraction of sp³-hybridized carbons (Fsp3) is 0. The van der Waals surface area contributed by atoms with E-state index in [0.29, 0.717) is 17.1 Å². The van der Waals surface area contributed by atoms with Crippen molar-refractivity contribution in [1.82, 2.24) is 9.97 Å². The molecular formula is C19H13FN4OS. The fourth-order valence-electron chi connectivity index (χ4n) is 2.51. The minimum Gasteiger partial charge on any atom is -0.340 e. The Labute approximate surface area is 152 Å². The molecule has 4 rings (SSSR count). The maximum atomic E-state index is 13.0. The lowest BCUT2D eigenvalue weighted by atomic mass is 10.2. The zero-order valence-corrected chi connectivity index (χ0v) is 14.3. The first-order valence-electron chi connectivity index (χ1n) is 7.81. The molecule has 0 fully saturated rings. The van der Waals surface area contributed by atoms with Gasteiger partial charge in [0.2, 0.25) is 0 Å². The van der Waals surface area contributed by atoms with Crippen LogP contribution in [-0.2, 0) is 0 Å². The van der Waals surface area contributed by atoms with Crippen molar-refractivity contribution >= 4 is 44.7 Å². The molecule has 7 heteroatoms. The minimum absolute atomic E-state index is 0.301. The highest BCUT2D eigenvalue weighted by atomic mass is 32.1. The average Bonchev–Trinajstić information content (AvgIpc) is 3.12. The first-order chi connectivity index (χ1) is 12.7. The largest absolute Gasteiger partial charge is 0.340 e. The number of nitrogens with one attached hydrogen (secondary N) is 2. The van der Waals surface area contributed by atoms with Gasteiger partial charge in [0.1, 0.15) is 22.8 Å². The summed E-state index contributed by atoms with van der Waals surface area (Å²) in [4.78, 5) is 21.7. The summed E-state index contributed by atoms with van der Waals surface area (Å²) in [6.07, 6.45) is 1.52. The molecule has 0 radical (unpaired) electrons. The Kier molecular flexibility index (Phi) is 4.28. The number of fused-ring (bicyclic) bond motifs is 1. The van der Waals surface area contributed by atoms with E-state index in [0.717, 1.165) is 15.9 Å². The van der Waals surface area contributed by atoms with Gasteiger partial charge >= 0.3 is 0 Å². The molecule has 0 spiro atoms. The number of carbonyl (C=O) groups is 1. The molecular weight excluding hydrogens is 351 g/mol. The predicted molar refractivity (Wildman–Crippen MR) is 101 cm³/mol. The van der Waals surface area contributed by atoms with E-state index in [9.17, 15) is 9.18 Å². The highest BCUT2D eigenvalue weighted by molar-refractivity contribution is 7.16. The van der Waals surface area contributed by atoms with Crippen LogP contribution in [0.1, 0.15) is 10.4 Å². The van der Waals surface area contributed by atoms with Gasteiger partial charge in [0.25, 0.3) is 5.91 Å². The minimum atomic E-state index is -0.377. The molecule has 2 aromatic carbocycles. The van der Waals surface area contributed by atoms with Gasteiger partial charge in [-0.2, -0.15) is 0 Å². The van der Waals surface area contributed by atoms with Crippen LogP contribution in [0.5, 0.6) is 0 Å². The second-order valence-corrected chi connectivity index (χ2v) is 6.42. The van der Waals surface area contributed by atoms with Gasteiger partial charge in [-0.1, -0.05) is 6.07 Å². The summed E-state index contributed by atoms with van der Waals surface area (Å²) in [5.74, 6) is 0.0278. The van der Waals surface area contributed by atoms with E-state index in [4.69, 9.17) is 0 Å². The number of carbonyl (C=O) groups excluding carboxylic acids is 1. The smallest absolute Gasteiger partial charge is 0.255 e.